The lowest BCUT2D eigenvalue weighted by Crippen LogP contribution is -1.77. The van der Waals surface area contributed by atoms with Crippen LogP contribution in [-0.2, 0) is 0 Å². The fourth-order valence-corrected chi connectivity index (χ4v) is 1.72. The summed E-state index contributed by atoms with van der Waals surface area (Å²) in [5.41, 5.74) is 3.35. The number of hydrogen-bond donors (Lipinski definition) is 2. The SMILES string of the molecule is Cc1c[nH]c2c1cnc1[nH]ccc12. The van der Waals surface area contributed by atoms with E-state index >= 15 is 0 Å². The van der Waals surface area contributed by atoms with Crippen LogP contribution in [0.1, 0.15) is 5.56 Å². The molecule has 0 spiro atoms. The Labute approximate surface area is 74.8 Å². The molecule has 64 valence electrons. The Kier molecular flexibility index (Phi) is 1.10. The Balaban J connectivity index is 2.66. The third kappa shape index (κ3) is 0.758. The highest BCUT2D eigenvalue weighted by Crippen LogP contribution is 2.23. The van der Waals surface area contributed by atoms with Crippen LogP contribution < -0.4 is 0 Å². The number of pyridine rings is 1. The van der Waals surface area contributed by atoms with Crippen LogP contribution in [0, 0.1) is 6.92 Å². The molecule has 3 aromatic heterocycles. The van der Waals surface area contributed by atoms with Gasteiger partial charge in [-0.3, -0.25) is 0 Å². The lowest BCUT2D eigenvalue weighted by molar-refractivity contribution is 1.34. The molecule has 3 rings (SSSR count). The maximum atomic E-state index is 4.33. The van der Waals surface area contributed by atoms with Crippen LogP contribution in [0.5, 0.6) is 0 Å². The van der Waals surface area contributed by atoms with Crippen LogP contribution >= 0.6 is 0 Å². The highest BCUT2D eigenvalue weighted by atomic mass is 14.8. The minimum atomic E-state index is 0.939. The Hall–Kier alpha value is -1.77. The molecular weight excluding hydrogens is 162 g/mol. The molecule has 3 heterocycles. The fourth-order valence-electron chi connectivity index (χ4n) is 1.72. The molecule has 3 nitrogen and oxygen atoms in total. The number of rotatable bonds is 0. The van der Waals surface area contributed by atoms with Crippen molar-refractivity contribution in [2.24, 2.45) is 0 Å². The standard InChI is InChI=1S/C10H9N3/c1-6-4-12-9-7-2-3-11-10(7)13-5-8(6)9/h2-5,12H,1H3,(H,11,13). The normalized spacial score (nSPS) is 11.5. The molecule has 0 fully saturated rings. The molecular formula is C10H9N3. The van der Waals surface area contributed by atoms with E-state index < -0.39 is 0 Å². The van der Waals surface area contributed by atoms with E-state index in [2.05, 4.69) is 21.9 Å². The topological polar surface area (TPSA) is 44.5 Å². The van der Waals surface area contributed by atoms with E-state index in [4.69, 9.17) is 0 Å². The van der Waals surface area contributed by atoms with Crippen LogP contribution in [0.4, 0.5) is 0 Å². The van der Waals surface area contributed by atoms with Crippen LogP contribution in [0.2, 0.25) is 0 Å². The molecule has 0 amide bonds. The molecule has 0 aliphatic heterocycles. The van der Waals surface area contributed by atoms with Crippen molar-refractivity contribution >= 4 is 21.9 Å². The largest absolute Gasteiger partial charge is 0.360 e. The van der Waals surface area contributed by atoms with Crippen molar-refractivity contribution in [3.63, 3.8) is 0 Å². The maximum absolute atomic E-state index is 4.33. The molecule has 3 heteroatoms. The summed E-state index contributed by atoms with van der Waals surface area (Å²) in [6, 6.07) is 2.04. The second-order valence-corrected chi connectivity index (χ2v) is 3.26. The maximum Gasteiger partial charge on any atom is 0.139 e. The molecule has 0 radical (unpaired) electrons. The van der Waals surface area contributed by atoms with Gasteiger partial charge in [0.05, 0.1) is 5.52 Å². The quantitative estimate of drug-likeness (QED) is 0.535. The molecule has 0 aliphatic rings. The van der Waals surface area contributed by atoms with Gasteiger partial charge in [0.2, 0.25) is 0 Å². The number of aryl methyl sites for hydroxylation is 1. The van der Waals surface area contributed by atoms with Crippen molar-refractivity contribution in [1.82, 2.24) is 15.0 Å². The smallest absolute Gasteiger partial charge is 0.139 e. The van der Waals surface area contributed by atoms with Gasteiger partial charge in [-0.05, 0) is 18.6 Å². The van der Waals surface area contributed by atoms with E-state index in [1.165, 1.54) is 16.5 Å². The third-order valence-corrected chi connectivity index (χ3v) is 2.44. The van der Waals surface area contributed by atoms with Crippen LogP contribution in [0.15, 0.2) is 24.7 Å². The molecule has 0 saturated heterocycles. The number of nitrogens with one attached hydrogen (secondary N) is 2. The molecule has 0 aromatic carbocycles. The van der Waals surface area contributed by atoms with Gasteiger partial charge in [0.1, 0.15) is 5.65 Å². The van der Waals surface area contributed by atoms with Gasteiger partial charge in [-0.25, -0.2) is 4.98 Å². The summed E-state index contributed by atoms with van der Waals surface area (Å²) in [6.07, 6.45) is 5.83. The van der Waals surface area contributed by atoms with E-state index in [0.717, 1.165) is 11.0 Å². The number of nitrogens with zero attached hydrogens (tertiary/aromatic N) is 1. The van der Waals surface area contributed by atoms with E-state index in [-0.39, 0.29) is 0 Å². The van der Waals surface area contributed by atoms with Gasteiger partial charge in [-0.15, -0.1) is 0 Å². The van der Waals surface area contributed by atoms with Crippen molar-refractivity contribution in [1.29, 1.82) is 0 Å². The Morgan fingerprint density at radius 3 is 3.08 bits per heavy atom. The zero-order chi connectivity index (χ0) is 8.84. The Bertz CT molecular complexity index is 574. The number of aromatic nitrogens is 3. The molecule has 0 saturated carbocycles. The van der Waals surface area contributed by atoms with E-state index in [1.807, 2.05) is 24.7 Å². The van der Waals surface area contributed by atoms with Gasteiger partial charge in [-0.2, -0.15) is 0 Å². The average Bonchev–Trinajstić information content (AvgIpc) is 2.70. The minimum Gasteiger partial charge on any atom is -0.360 e. The number of fused-ring (bicyclic) bond motifs is 3. The van der Waals surface area contributed by atoms with Crippen molar-refractivity contribution in [3.8, 4) is 0 Å². The van der Waals surface area contributed by atoms with E-state index in [9.17, 15) is 0 Å². The van der Waals surface area contributed by atoms with Crippen molar-refractivity contribution in [2.45, 2.75) is 6.92 Å². The van der Waals surface area contributed by atoms with E-state index in [1.54, 1.807) is 0 Å². The third-order valence-electron chi connectivity index (χ3n) is 2.44. The summed E-state index contributed by atoms with van der Waals surface area (Å²) in [6.45, 7) is 2.08. The van der Waals surface area contributed by atoms with Crippen molar-refractivity contribution < 1.29 is 0 Å². The van der Waals surface area contributed by atoms with E-state index in [0.29, 0.717) is 0 Å². The molecule has 0 atom stereocenters. The summed E-state index contributed by atoms with van der Waals surface area (Å²) in [5.74, 6) is 0. The molecule has 3 aromatic rings. The van der Waals surface area contributed by atoms with Crippen LogP contribution in [-0.4, -0.2) is 15.0 Å². The minimum absolute atomic E-state index is 0.939. The summed E-state index contributed by atoms with van der Waals surface area (Å²) < 4.78 is 0. The van der Waals surface area contributed by atoms with Gasteiger partial charge in [-0.1, -0.05) is 0 Å². The summed E-state index contributed by atoms with van der Waals surface area (Å²) in [5, 5.41) is 2.36. The molecule has 0 aliphatic carbocycles. The predicted molar refractivity (Wildman–Crippen MR) is 52.7 cm³/mol. The highest BCUT2D eigenvalue weighted by molar-refractivity contribution is 6.03. The van der Waals surface area contributed by atoms with Gasteiger partial charge < -0.3 is 9.97 Å². The average molecular weight is 171 g/mol. The Morgan fingerprint density at radius 2 is 2.15 bits per heavy atom. The van der Waals surface area contributed by atoms with Gasteiger partial charge in [0, 0.05) is 29.4 Å². The second-order valence-electron chi connectivity index (χ2n) is 3.26. The molecule has 13 heavy (non-hydrogen) atoms. The molecule has 0 bridgehead atoms. The molecule has 0 unspecified atom stereocenters. The van der Waals surface area contributed by atoms with Crippen LogP contribution in [0.3, 0.4) is 0 Å². The zero-order valence-corrected chi connectivity index (χ0v) is 7.26. The summed E-state index contributed by atoms with van der Waals surface area (Å²) in [4.78, 5) is 10.7. The number of aromatic amines is 2. The van der Waals surface area contributed by atoms with Crippen molar-refractivity contribution in [3.05, 3.63) is 30.2 Å². The van der Waals surface area contributed by atoms with Gasteiger partial charge in [0.25, 0.3) is 0 Å². The molecule has 2 N–H and O–H groups in total. The monoisotopic (exact) mass is 171 g/mol. The first-order valence-corrected chi connectivity index (χ1v) is 4.26. The highest BCUT2D eigenvalue weighted by Gasteiger charge is 2.04. The Morgan fingerprint density at radius 1 is 1.23 bits per heavy atom. The number of hydrogen-bond acceptors (Lipinski definition) is 1. The van der Waals surface area contributed by atoms with Crippen molar-refractivity contribution in [2.75, 3.05) is 0 Å². The first-order chi connectivity index (χ1) is 6.36. The van der Waals surface area contributed by atoms with Crippen LogP contribution in [0.25, 0.3) is 21.9 Å². The lowest BCUT2D eigenvalue weighted by atomic mass is 10.2. The fraction of sp³-hybridized carbons (Fsp3) is 0.100. The predicted octanol–water partition coefficient (Wildman–Crippen LogP) is 2.35. The summed E-state index contributed by atoms with van der Waals surface area (Å²) in [7, 11) is 0. The zero-order valence-electron chi connectivity index (χ0n) is 7.26. The second kappa shape index (κ2) is 2.13. The lowest BCUT2D eigenvalue weighted by Gasteiger charge is -1.92. The van der Waals surface area contributed by atoms with Gasteiger partial charge >= 0.3 is 0 Å². The van der Waals surface area contributed by atoms with Gasteiger partial charge in [0.15, 0.2) is 0 Å². The number of H-pyrrole nitrogens is 2. The first-order valence-electron chi connectivity index (χ1n) is 4.26. The summed E-state index contributed by atoms with van der Waals surface area (Å²) >= 11 is 0. The first kappa shape index (κ1) is 6.71.